The molecule has 64 valence electrons. The maximum Gasteiger partial charge on any atom is 0.158 e. The highest BCUT2D eigenvalue weighted by Gasteiger charge is 1.97. The summed E-state index contributed by atoms with van der Waals surface area (Å²) in [5.41, 5.74) is 0.343. The van der Waals surface area contributed by atoms with E-state index in [0.29, 0.717) is 11.8 Å². The molecule has 4 nitrogen and oxygen atoms in total. The number of phenolic OH excluding ortho intramolecular Hbond substituents is 2. The van der Waals surface area contributed by atoms with Gasteiger partial charge in [-0.25, -0.2) is 0 Å². The van der Waals surface area contributed by atoms with Crippen LogP contribution in [0.25, 0.3) is 0 Å². The van der Waals surface area contributed by atoms with Crippen molar-refractivity contribution >= 4 is 13.1 Å². The van der Waals surface area contributed by atoms with Crippen LogP contribution in [0, 0.1) is 0 Å². The first-order valence-corrected chi connectivity index (χ1v) is 3.00. The molecule has 1 aromatic carbocycles. The van der Waals surface area contributed by atoms with Crippen LogP contribution in [0.2, 0.25) is 0 Å². The number of aldehydes is 1. The third-order valence-electron chi connectivity index (χ3n) is 1.14. The van der Waals surface area contributed by atoms with E-state index in [1.165, 1.54) is 18.2 Å². The molecule has 4 heteroatoms. The minimum atomic E-state index is -0.274. The van der Waals surface area contributed by atoms with Gasteiger partial charge in [0, 0.05) is 5.56 Å². The van der Waals surface area contributed by atoms with Gasteiger partial charge in [-0.3, -0.25) is 4.79 Å². The minimum absolute atomic E-state index is 0.217. The van der Waals surface area contributed by atoms with Crippen LogP contribution in [0.3, 0.4) is 0 Å². The molecule has 0 radical (unpaired) electrons. The molecule has 1 aromatic rings. The summed E-state index contributed by atoms with van der Waals surface area (Å²) in [5.74, 6) is -0.491. The minimum Gasteiger partial charge on any atom is -0.504 e. The van der Waals surface area contributed by atoms with E-state index in [4.69, 9.17) is 15.0 Å². The van der Waals surface area contributed by atoms with E-state index in [2.05, 4.69) is 0 Å². The number of hydrogen-bond donors (Lipinski definition) is 2. The fourth-order valence-corrected chi connectivity index (χ4v) is 0.614. The monoisotopic (exact) mass is 168 g/mol. The fraction of sp³-hybridized carbons (Fsp3) is 0. The van der Waals surface area contributed by atoms with E-state index in [0.717, 1.165) is 0 Å². The average molecular weight is 168 g/mol. The van der Waals surface area contributed by atoms with E-state index >= 15 is 0 Å². The van der Waals surface area contributed by atoms with Crippen molar-refractivity contribution in [3.63, 3.8) is 0 Å². The largest absolute Gasteiger partial charge is 0.504 e. The number of benzene rings is 1. The van der Waals surface area contributed by atoms with Crippen molar-refractivity contribution in [1.82, 2.24) is 0 Å². The number of hydrogen-bond acceptors (Lipinski definition) is 4. The van der Waals surface area contributed by atoms with Gasteiger partial charge in [0.2, 0.25) is 0 Å². The van der Waals surface area contributed by atoms with Crippen molar-refractivity contribution in [2.24, 2.45) is 0 Å². The molecule has 1 rings (SSSR count). The Labute approximate surface area is 69.1 Å². The molecule has 0 amide bonds. The van der Waals surface area contributed by atoms with Crippen LogP contribution in [0.4, 0.5) is 0 Å². The predicted molar refractivity (Wildman–Crippen MR) is 42.3 cm³/mol. The van der Waals surface area contributed by atoms with Gasteiger partial charge in [0.15, 0.2) is 11.5 Å². The van der Waals surface area contributed by atoms with Gasteiger partial charge in [-0.1, -0.05) is 0 Å². The van der Waals surface area contributed by atoms with Crippen molar-refractivity contribution in [3.8, 4) is 11.5 Å². The molecular weight excluding hydrogens is 160 g/mol. The molecule has 0 aliphatic carbocycles. The number of rotatable bonds is 1. The summed E-state index contributed by atoms with van der Waals surface area (Å²) in [6.07, 6.45) is 0.596. The van der Waals surface area contributed by atoms with E-state index < -0.39 is 0 Å². The van der Waals surface area contributed by atoms with Crippen molar-refractivity contribution in [3.05, 3.63) is 23.8 Å². The van der Waals surface area contributed by atoms with Crippen LogP contribution in [-0.4, -0.2) is 23.3 Å². The van der Waals surface area contributed by atoms with Crippen molar-refractivity contribution in [2.45, 2.75) is 0 Å². The normalized spacial score (nSPS) is 8.00. The van der Waals surface area contributed by atoms with E-state index in [1.807, 2.05) is 6.79 Å². The second kappa shape index (κ2) is 4.90. The van der Waals surface area contributed by atoms with Gasteiger partial charge in [0.1, 0.15) is 13.1 Å². The standard InChI is InChI=1S/C7H6O3.CH2O/c8-4-5-1-2-6(9)7(10)3-5;1-2/h1-4,9-10H;1H2. The molecule has 0 fully saturated rings. The van der Waals surface area contributed by atoms with Gasteiger partial charge in [-0.2, -0.15) is 0 Å². The SMILES string of the molecule is C=O.O=Cc1ccc(O)c(O)c1. The molecule has 0 aliphatic rings. The third kappa shape index (κ3) is 2.42. The summed E-state index contributed by atoms with van der Waals surface area (Å²) in [4.78, 5) is 18.1. The molecule has 0 unspecified atom stereocenters. The molecule has 0 aliphatic heterocycles. The Morgan fingerprint density at radius 3 is 2.17 bits per heavy atom. The highest BCUT2D eigenvalue weighted by atomic mass is 16.3. The Morgan fingerprint density at radius 2 is 1.75 bits per heavy atom. The van der Waals surface area contributed by atoms with Crippen LogP contribution < -0.4 is 0 Å². The molecule has 0 saturated carbocycles. The Kier molecular flexibility index (Phi) is 4.15. The highest BCUT2D eigenvalue weighted by molar-refractivity contribution is 5.76. The molecule has 0 spiro atoms. The second-order valence-corrected chi connectivity index (χ2v) is 1.87. The predicted octanol–water partition coefficient (Wildman–Crippen LogP) is 0.725. The van der Waals surface area contributed by atoms with Gasteiger partial charge in [-0.05, 0) is 18.2 Å². The molecular formula is C8H8O4. The zero-order valence-electron chi connectivity index (χ0n) is 6.23. The van der Waals surface area contributed by atoms with Crippen molar-refractivity contribution in [1.29, 1.82) is 0 Å². The number of carbonyl (C=O) groups excluding carboxylic acids is 2. The van der Waals surface area contributed by atoms with E-state index in [-0.39, 0.29) is 11.5 Å². The molecule has 12 heavy (non-hydrogen) atoms. The molecule has 0 heterocycles. The van der Waals surface area contributed by atoms with Crippen LogP contribution in [0.15, 0.2) is 18.2 Å². The quantitative estimate of drug-likeness (QED) is 0.478. The van der Waals surface area contributed by atoms with Crippen LogP contribution >= 0.6 is 0 Å². The van der Waals surface area contributed by atoms with Gasteiger partial charge < -0.3 is 15.0 Å². The summed E-state index contributed by atoms with van der Waals surface area (Å²) < 4.78 is 0. The number of aromatic hydroxyl groups is 2. The van der Waals surface area contributed by atoms with Crippen LogP contribution in [-0.2, 0) is 4.79 Å². The molecule has 0 atom stereocenters. The lowest BCUT2D eigenvalue weighted by Gasteiger charge is -1.95. The number of carbonyl (C=O) groups is 2. The first kappa shape index (κ1) is 10.2. The van der Waals surface area contributed by atoms with E-state index in [1.54, 1.807) is 0 Å². The summed E-state index contributed by atoms with van der Waals surface area (Å²) in [7, 11) is 0. The van der Waals surface area contributed by atoms with Gasteiger partial charge in [0.05, 0.1) is 0 Å². The topological polar surface area (TPSA) is 74.6 Å². The zero-order chi connectivity index (χ0) is 9.56. The van der Waals surface area contributed by atoms with Gasteiger partial charge in [-0.15, -0.1) is 0 Å². The lowest BCUT2D eigenvalue weighted by Crippen LogP contribution is -1.77. The molecule has 0 saturated heterocycles. The Balaban J connectivity index is 0.000000561. The maximum absolute atomic E-state index is 10.1. The van der Waals surface area contributed by atoms with Crippen molar-refractivity contribution < 1.29 is 19.8 Å². The summed E-state index contributed by atoms with van der Waals surface area (Å²) in [6.45, 7) is 2.00. The third-order valence-corrected chi connectivity index (χ3v) is 1.14. The highest BCUT2D eigenvalue weighted by Crippen LogP contribution is 2.23. The summed E-state index contributed by atoms with van der Waals surface area (Å²) in [6, 6.07) is 3.88. The first-order valence-electron chi connectivity index (χ1n) is 3.00. The second-order valence-electron chi connectivity index (χ2n) is 1.87. The lowest BCUT2D eigenvalue weighted by atomic mass is 10.2. The van der Waals surface area contributed by atoms with Crippen molar-refractivity contribution in [2.75, 3.05) is 0 Å². The van der Waals surface area contributed by atoms with Crippen LogP contribution in [0.1, 0.15) is 10.4 Å². The first-order chi connectivity index (χ1) is 5.74. The maximum atomic E-state index is 10.1. The zero-order valence-corrected chi connectivity index (χ0v) is 6.23. The average Bonchev–Trinajstić information content (AvgIpc) is 2.13. The van der Waals surface area contributed by atoms with Gasteiger partial charge in [0.25, 0.3) is 0 Å². The Bertz CT molecular complexity index is 270. The van der Waals surface area contributed by atoms with Crippen LogP contribution in [0.5, 0.6) is 11.5 Å². The lowest BCUT2D eigenvalue weighted by molar-refractivity contribution is -0.0979. The summed E-state index contributed by atoms with van der Waals surface area (Å²) >= 11 is 0. The molecule has 0 aromatic heterocycles. The Hall–Kier alpha value is -1.84. The van der Waals surface area contributed by atoms with Gasteiger partial charge >= 0.3 is 0 Å². The molecule has 2 N–H and O–H groups in total. The smallest absolute Gasteiger partial charge is 0.158 e. The number of phenols is 2. The fourth-order valence-electron chi connectivity index (χ4n) is 0.614. The Morgan fingerprint density at radius 1 is 1.17 bits per heavy atom. The molecule has 0 bridgehead atoms. The summed E-state index contributed by atoms with van der Waals surface area (Å²) in [5, 5.41) is 17.6. The van der Waals surface area contributed by atoms with E-state index in [9.17, 15) is 4.79 Å².